The molecule has 0 bridgehead atoms. The third-order valence-corrected chi connectivity index (χ3v) is 3.44. The van der Waals surface area contributed by atoms with Crippen LogP contribution >= 0.6 is 11.6 Å². The van der Waals surface area contributed by atoms with Crippen molar-refractivity contribution < 1.29 is 15.8 Å². The van der Waals surface area contributed by atoms with E-state index in [1.807, 2.05) is 0 Å². The van der Waals surface area contributed by atoms with E-state index in [4.69, 9.17) is 22.6 Å². The number of carbonyl (C=O) groups excluding carboxylic acids is 1. The minimum absolute atomic E-state index is 0.0704. The molecule has 0 aliphatic carbocycles. The maximum atomic E-state index is 11.4. The number of hydrogen-bond donors (Lipinski definition) is 1. The first-order chi connectivity index (χ1) is 13.1. The number of nitrogens with one attached hydrogen (secondary N) is 1. The van der Waals surface area contributed by atoms with Crippen molar-refractivity contribution in [1.82, 2.24) is 9.88 Å². The number of hydrogen-bond acceptors (Lipinski definition) is 1. The summed E-state index contributed by atoms with van der Waals surface area (Å²) in [7, 11) is 0. The molecular weight excluding hydrogens is 272 g/mol. The molecule has 106 valence electrons. The normalized spacial score (nSPS) is 34.6. The Morgan fingerprint density at radius 1 is 1.45 bits per heavy atom. The van der Waals surface area contributed by atoms with Crippen molar-refractivity contribution in [3.8, 4) is 0 Å². The monoisotopic (exact) mass is 298 g/mol. The molecule has 0 spiro atoms. The third-order valence-electron chi connectivity index (χ3n) is 3.20. The summed E-state index contributed by atoms with van der Waals surface area (Å²) in [5.41, 5.74) is 0.713. The molecule has 4 unspecified atom stereocenters. The molecule has 1 aromatic heterocycles. The van der Waals surface area contributed by atoms with Gasteiger partial charge in [-0.2, -0.15) is 0 Å². The predicted molar refractivity (Wildman–Crippen MR) is 82.3 cm³/mol. The Hall–Kier alpha value is -1.48. The highest BCUT2D eigenvalue weighted by Gasteiger charge is 2.18. The SMILES string of the molecule is [2H]c1c([2H])c([2H])c2c(c1[2H])c(CCNC(=O)CCl)c1n2C([2H])C([2H])C([2H])C1[2H]. The number of nitrogens with zero attached hydrogens (tertiary/aromatic N) is 1. The first kappa shape index (κ1) is 6.99. The molecule has 1 amide bonds. The highest BCUT2D eigenvalue weighted by atomic mass is 35.5. The van der Waals surface area contributed by atoms with Crippen LogP contribution in [0.1, 0.15) is 35.0 Å². The molecule has 20 heavy (non-hydrogen) atoms. The second kappa shape index (κ2) is 5.88. The molecular formula is C16H19ClN2O. The maximum absolute atomic E-state index is 11.4. The Morgan fingerprint density at radius 2 is 2.30 bits per heavy atom. The average molecular weight is 299 g/mol. The number of halogens is 1. The van der Waals surface area contributed by atoms with Gasteiger partial charge >= 0.3 is 0 Å². The molecule has 4 heteroatoms. The largest absolute Gasteiger partial charge is 0.355 e. The fourth-order valence-electron chi connectivity index (χ4n) is 2.34. The first-order valence-electron chi connectivity index (χ1n) is 10.6. The van der Waals surface area contributed by atoms with Gasteiger partial charge in [0.2, 0.25) is 5.91 Å². The second-order valence-electron chi connectivity index (χ2n) is 4.39. The molecule has 0 fully saturated rings. The van der Waals surface area contributed by atoms with Gasteiger partial charge in [-0.05, 0) is 37.2 Å². The zero-order valence-corrected chi connectivity index (χ0v) is 11.4. The van der Waals surface area contributed by atoms with E-state index < -0.39 is 43.7 Å². The van der Waals surface area contributed by atoms with E-state index in [1.165, 1.54) is 4.57 Å². The van der Waals surface area contributed by atoms with Crippen LogP contribution in [0.15, 0.2) is 24.2 Å². The average Bonchev–Trinajstić information content (AvgIpc) is 3.02. The van der Waals surface area contributed by atoms with Gasteiger partial charge in [-0.1, -0.05) is 18.1 Å². The summed E-state index contributed by atoms with van der Waals surface area (Å²) in [4.78, 5) is 11.4. The lowest BCUT2D eigenvalue weighted by Gasteiger charge is -2.17. The standard InChI is InChI=1S/C16H19ClN2O/c17-11-16(20)18-9-8-13-12-5-1-2-6-14(12)19-10-4-3-7-15(13)19/h1-2,5-6H,3-4,7-11H2,(H,18,20)/i1D,2D,3D,4D,5D,6D,7D,10D. The van der Waals surface area contributed by atoms with Crippen molar-refractivity contribution in [2.45, 2.75) is 32.1 Å². The fraction of sp³-hybridized carbons (Fsp3) is 0.438. The lowest BCUT2D eigenvalue weighted by atomic mass is 10.0. The highest BCUT2D eigenvalue weighted by Crippen LogP contribution is 2.30. The Bertz CT molecular complexity index is 949. The van der Waals surface area contributed by atoms with Crippen LogP contribution in [0.25, 0.3) is 10.9 Å². The van der Waals surface area contributed by atoms with E-state index >= 15 is 0 Å². The predicted octanol–water partition coefficient (Wildman–Crippen LogP) is 2.88. The van der Waals surface area contributed by atoms with E-state index in [0.29, 0.717) is 5.56 Å². The number of benzene rings is 1. The third kappa shape index (κ3) is 2.42. The van der Waals surface area contributed by atoms with Crippen molar-refractivity contribution in [3.05, 3.63) is 35.4 Å². The van der Waals surface area contributed by atoms with Crippen LogP contribution in [0.4, 0.5) is 0 Å². The molecule has 0 saturated carbocycles. The molecule has 0 radical (unpaired) electrons. The van der Waals surface area contributed by atoms with Gasteiger partial charge in [-0.15, -0.1) is 11.6 Å². The number of rotatable bonds is 4. The van der Waals surface area contributed by atoms with E-state index in [-0.39, 0.29) is 47.5 Å². The topological polar surface area (TPSA) is 34.0 Å². The molecule has 3 rings (SSSR count). The molecule has 1 N–H and O–H groups in total. The van der Waals surface area contributed by atoms with Crippen molar-refractivity contribution in [2.75, 3.05) is 12.4 Å². The first-order valence-corrected chi connectivity index (χ1v) is 6.81. The molecule has 4 atom stereocenters. The maximum Gasteiger partial charge on any atom is 0.234 e. The molecule has 1 aliphatic rings. The van der Waals surface area contributed by atoms with Crippen molar-refractivity contribution in [1.29, 1.82) is 0 Å². The summed E-state index contributed by atoms with van der Waals surface area (Å²) in [6, 6.07) is -1.52. The number of para-hydroxylation sites is 1. The van der Waals surface area contributed by atoms with Gasteiger partial charge < -0.3 is 9.88 Å². The number of aromatic nitrogens is 1. The number of amides is 1. The van der Waals surface area contributed by atoms with E-state index in [2.05, 4.69) is 5.32 Å². The van der Waals surface area contributed by atoms with Crippen LogP contribution in [0.2, 0.25) is 0 Å². The smallest absolute Gasteiger partial charge is 0.234 e. The molecule has 2 aromatic rings. The molecule has 1 aliphatic heterocycles. The van der Waals surface area contributed by atoms with Gasteiger partial charge in [-0.25, -0.2) is 0 Å². The zero-order chi connectivity index (χ0) is 20.9. The van der Waals surface area contributed by atoms with Gasteiger partial charge in [0.15, 0.2) is 0 Å². The molecule has 0 saturated heterocycles. The van der Waals surface area contributed by atoms with Gasteiger partial charge in [0, 0.05) is 35.1 Å². The lowest BCUT2D eigenvalue weighted by Crippen LogP contribution is -2.26. The van der Waals surface area contributed by atoms with Gasteiger partial charge in [-0.3, -0.25) is 4.79 Å². The number of carbonyl (C=O) groups is 1. The summed E-state index contributed by atoms with van der Waals surface area (Å²) in [5.74, 6) is -0.620. The summed E-state index contributed by atoms with van der Waals surface area (Å²) >= 11 is 5.47. The van der Waals surface area contributed by atoms with Gasteiger partial charge in [0.1, 0.15) is 5.88 Å². The summed E-state index contributed by atoms with van der Waals surface area (Å²) < 4.78 is 66.8. The van der Waals surface area contributed by atoms with E-state index in [1.54, 1.807) is 0 Å². The van der Waals surface area contributed by atoms with Crippen LogP contribution in [0.3, 0.4) is 0 Å². The molecule has 3 nitrogen and oxygen atoms in total. The van der Waals surface area contributed by atoms with E-state index in [0.717, 1.165) is 0 Å². The highest BCUT2D eigenvalue weighted by molar-refractivity contribution is 6.27. The fourth-order valence-corrected chi connectivity index (χ4v) is 2.44. The number of alkyl halides is 1. The van der Waals surface area contributed by atoms with Crippen LogP contribution in [0.5, 0.6) is 0 Å². The Labute approximate surface area is 135 Å². The van der Waals surface area contributed by atoms with Crippen LogP contribution < -0.4 is 5.32 Å². The molecule has 1 aromatic carbocycles. The summed E-state index contributed by atoms with van der Waals surface area (Å²) in [6.07, 6.45) is -3.45. The summed E-state index contributed by atoms with van der Waals surface area (Å²) in [5, 5.41) is 2.76. The minimum atomic E-state index is -1.27. The lowest BCUT2D eigenvalue weighted by molar-refractivity contribution is -0.118. The van der Waals surface area contributed by atoms with Gasteiger partial charge in [0.25, 0.3) is 0 Å². The number of aryl methyl sites for hydroxylation is 1. The Morgan fingerprint density at radius 3 is 3.15 bits per heavy atom. The number of fused-ring (bicyclic) bond motifs is 3. The second-order valence-corrected chi connectivity index (χ2v) is 4.66. The van der Waals surface area contributed by atoms with E-state index in [9.17, 15) is 4.79 Å². The van der Waals surface area contributed by atoms with Crippen LogP contribution in [-0.2, 0) is 24.1 Å². The Balaban J connectivity index is 2.30. The zero-order valence-electron chi connectivity index (χ0n) is 18.7. The van der Waals surface area contributed by atoms with Crippen molar-refractivity contribution >= 4 is 28.4 Å². The molecule has 2 heterocycles. The van der Waals surface area contributed by atoms with Gasteiger partial charge in [0.05, 0.1) is 5.48 Å². The summed E-state index contributed by atoms with van der Waals surface area (Å²) in [6.45, 7) is -1.14. The Kier molecular flexibility index (Phi) is 2.05. The van der Waals surface area contributed by atoms with Crippen molar-refractivity contribution in [3.63, 3.8) is 0 Å². The van der Waals surface area contributed by atoms with Crippen LogP contribution in [-0.4, -0.2) is 22.9 Å². The van der Waals surface area contributed by atoms with Crippen molar-refractivity contribution in [2.24, 2.45) is 0 Å². The minimum Gasteiger partial charge on any atom is -0.355 e. The van der Waals surface area contributed by atoms with Crippen LogP contribution in [0, 0.1) is 0 Å². The quantitative estimate of drug-likeness (QED) is 0.865.